The summed E-state index contributed by atoms with van der Waals surface area (Å²) in [5, 5.41) is 6.13. The molecule has 0 radical (unpaired) electrons. The van der Waals surface area contributed by atoms with E-state index < -0.39 is 0 Å². The lowest BCUT2D eigenvalue weighted by molar-refractivity contribution is 0.251. The van der Waals surface area contributed by atoms with Gasteiger partial charge in [0.1, 0.15) is 11.6 Å². The highest BCUT2D eigenvalue weighted by molar-refractivity contribution is 6.31. The fraction of sp³-hybridized carbons (Fsp3) is 0.353. The minimum absolute atomic E-state index is 0.271. The first-order chi connectivity index (χ1) is 11.6. The summed E-state index contributed by atoms with van der Waals surface area (Å²) in [6, 6.07) is 6.99. The summed E-state index contributed by atoms with van der Waals surface area (Å²) in [4.78, 5) is 23.0. The number of amides is 2. The Morgan fingerprint density at radius 1 is 1.29 bits per heavy atom. The van der Waals surface area contributed by atoms with Gasteiger partial charge in [0.25, 0.3) is 0 Å². The number of urea groups is 1. The van der Waals surface area contributed by atoms with Gasteiger partial charge in [-0.1, -0.05) is 17.7 Å². The molecule has 0 bridgehead atoms. The standard InChI is InChI=1S/C17H20ClN5O/c1-12-4-5-13(10-14(12)18)21-17(24)20-11-15-19-7-6-16(22-15)23-8-2-3-9-23/h4-7,10H,2-3,8-9,11H2,1H3,(H2,20,21,24). The highest BCUT2D eigenvalue weighted by Crippen LogP contribution is 2.20. The molecule has 1 saturated heterocycles. The molecule has 0 saturated carbocycles. The third-order valence-corrected chi connectivity index (χ3v) is 4.36. The zero-order chi connectivity index (χ0) is 16.9. The van der Waals surface area contributed by atoms with Gasteiger partial charge in [0.2, 0.25) is 0 Å². The van der Waals surface area contributed by atoms with Crippen molar-refractivity contribution in [2.45, 2.75) is 26.3 Å². The average molecular weight is 346 g/mol. The smallest absolute Gasteiger partial charge is 0.319 e. The van der Waals surface area contributed by atoms with Gasteiger partial charge in [-0.2, -0.15) is 0 Å². The second kappa shape index (κ2) is 7.49. The summed E-state index contributed by atoms with van der Waals surface area (Å²) in [5.74, 6) is 1.52. The molecule has 0 spiro atoms. The Hall–Kier alpha value is -2.34. The molecule has 3 rings (SSSR count). The Balaban J connectivity index is 1.55. The summed E-state index contributed by atoms with van der Waals surface area (Å²) < 4.78 is 0. The maximum atomic E-state index is 12.0. The van der Waals surface area contributed by atoms with E-state index in [1.54, 1.807) is 12.3 Å². The van der Waals surface area contributed by atoms with Crippen molar-refractivity contribution < 1.29 is 4.79 Å². The zero-order valence-corrected chi connectivity index (χ0v) is 14.3. The molecule has 1 aliphatic heterocycles. The Labute approximate surface area is 146 Å². The Morgan fingerprint density at radius 2 is 2.08 bits per heavy atom. The molecule has 1 aromatic carbocycles. The number of hydrogen-bond acceptors (Lipinski definition) is 4. The van der Waals surface area contributed by atoms with Crippen molar-refractivity contribution in [3.05, 3.63) is 46.9 Å². The fourth-order valence-corrected chi connectivity index (χ4v) is 2.78. The highest BCUT2D eigenvalue weighted by Gasteiger charge is 2.14. The molecule has 1 fully saturated rings. The van der Waals surface area contributed by atoms with Gasteiger partial charge in [-0.3, -0.25) is 0 Å². The number of benzene rings is 1. The van der Waals surface area contributed by atoms with Crippen molar-refractivity contribution >= 4 is 29.1 Å². The number of carbonyl (C=O) groups is 1. The van der Waals surface area contributed by atoms with Crippen LogP contribution in [0, 0.1) is 6.92 Å². The number of anilines is 2. The number of halogens is 1. The van der Waals surface area contributed by atoms with Crippen molar-refractivity contribution in [3.8, 4) is 0 Å². The van der Waals surface area contributed by atoms with E-state index in [9.17, 15) is 4.79 Å². The van der Waals surface area contributed by atoms with Crippen LogP contribution in [0.3, 0.4) is 0 Å². The summed E-state index contributed by atoms with van der Waals surface area (Å²) in [5.41, 5.74) is 1.62. The number of rotatable bonds is 4. The molecule has 126 valence electrons. The molecule has 1 aromatic heterocycles. The van der Waals surface area contributed by atoms with Crippen molar-refractivity contribution in [1.29, 1.82) is 0 Å². The molecule has 0 unspecified atom stereocenters. The summed E-state index contributed by atoms with van der Waals surface area (Å²) in [6.07, 6.45) is 4.12. The van der Waals surface area contributed by atoms with Gasteiger partial charge < -0.3 is 15.5 Å². The quantitative estimate of drug-likeness (QED) is 0.891. The summed E-state index contributed by atoms with van der Waals surface area (Å²) in [7, 11) is 0. The van der Waals surface area contributed by atoms with Crippen LogP contribution < -0.4 is 15.5 Å². The predicted molar refractivity (Wildman–Crippen MR) is 95.5 cm³/mol. The van der Waals surface area contributed by atoms with Gasteiger partial charge in [-0.25, -0.2) is 14.8 Å². The van der Waals surface area contributed by atoms with Crippen LogP contribution in [-0.2, 0) is 6.54 Å². The molecular weight excluding hydrogens is 326 g/mol. The molecular formula is C17H20ClN5O. The number of nitrogens with one attached hydrogen (secondary N) is 2. The second-order valence-electron chi connectivity index (χ2n) is 5.80. The van der Waals surface area contributed by atoms with Crippen molar-refractivity contribution in [3.63, 3.8) is 0 Å². The summed E-state index contributed by atoms with van der Waals surface area (Å²) in [6.45, 7) is 4.24. The van der Waals surface area contributed by atoms with Gasteiger partial charge in [0.05, 0.1) is 6.54 Å². The fourth-order valence-electron chi connectivity index (χ4n) is 2.60. The third-order valence-electron chi connectivity index (χ3n) is 3.96. The number of aromatic nitrogens is 2. The first-order valence-electron chi connectivity index (χ1n) is 8.00. The second-order valence-corrected chi connectivity index (χ2v) is 6.20. The number of nitrogens with zero attached hydrogens (tertiary/aromatic N) is 3. The van der Waals surface area contributed by atoms with Crippen molar-refractivity contribution in [2.24, 2.45) is 0 Å². The molecule has 0 atom stereocenters. The minimum Gasteiger partial charge on any atom is -0.357 e. The molecule has 2 amide bonds. The first kappa shape index (κ1) is 16.5. The molecule has 2 N–H and O–H groups in total. The largest absolute Gasteiger partial charge is 0.357 e. The Bertz CT molecular complexity index is 731. The van der Waals surface area contributed by atoms with Gasteiger partial charge in [0.15, 0.2) is 0 Å². The predicted octanol–water partition coefficient (Wildman–Crippen LogP) is 3.36. The molecule has 0 aliphatic carbocycles. The average Bonchev–Trinajstić information content (AvgIpc) is 3.11. The van der Waals surface area contributed by atoms with Gasteiger partial charge in [-0.15, -0.1) is 0 Å². The normalized spacial score (nSPS) is 13.8. The Kier molecular flexibility index (Phi) is 5.15. The van der Waals surface area contributed by atoms with E-state index in [1.165, 1.54) is 12.8 Å². The van der Waals surface area contributed by atoms with E-state index >= 15 is 0 Å². The van der Waals surface area contributed by atoms with Crippen LogP contribution in [0.15, 0.2) is 30.5 Å². The third kappa shape index (κ3) is 4.14. The SMILES string of the molecule is Cc1ccc(NC(=O)NCc2nccc(N3CCCC3)n2)cc1Cl. The zero-order valence-electron chi connectivity index (χ0n) is 13.6. The lowest BCUT2D eigenvalue weighted by atomic mass is 10.2. The van der Waals surface area contributed by atoms with E-state index in [0.29, 0.717) is 16.5 Å². The molecule has 1 aliphatic rings. The van der Waals surface area contributed by atoms with E-state index in [4.69, 9.17) is 11.6 Å². The molecule has 6 nitrogen and oxygen atoms in total. The van der Waals surface area contributed by atoms with Crippen molar-refractivity contribution in [2.75, 3.05) is 23.3 Å². The van der Waals surface area contributed by atoms with Crippen LogP contribution in [0.2, 0.25) is 5.02 Å². The van der Waals surface area contributed by atoms with Crippen LogP contribution in [-0.4, -0.2) is 29.1 Å². The minimum atomic E-state index is -0.315. The van der Waals surface area contributed by atoms with Gasteiger partial charge >= 0.3 is 6.03 Å². The highest BCUT2D eigenvalue weighted by atomic mass is 35.5. The molecule has 24 heavy (non-hydrogen) atoms. The van der Waals surface area contributed by atoms with Gasteiger partial charge in [-0.05, 0) is 43.5 Å². The molecule has 7 heteroatoms. The monoisotopic (exact) mass is 345 g/mol. The Morgan fingerprint density at radius 3 is 2.83 bits per heavy atom. The maximum Gasteiger partial charge on any atom is 0.319 e. The van der Waals surface area contributed by atoms with Crippen LogP contribution in [0.5, 0.6) is 0 Å². The summed E-state index contributed by atoms with van der Waals surface area (Å²) >= 11 is 6.05. The number of hydrogen-bond donors (Lipinski definition) is 2. The molecule has 2 heterocycles. The maximum absolute atomic E-state index is 12.0. The van der Waals surface area contributed by atoms with Crippen LogP contribution in [0.25, 0.3) is 0 Å². The van der Waals surface area contributed by atoms with Gasteiger partial charge in [0, 0.05) is 30.0 Å². The van der Waals surface area contributed by atoms with Crippen LogP contribution in [0.1, 0.15) is 24.2 Å². The van der Waals surface area contributed by atoms with Crippen molar-refractivity contribution in [1.82, 2.24) is 15.3 Å². The van der Waals surface area contributed by atoms with E-state index in [2.05, 4.69) is 25.5 Å². The van der Waals surface area contributed by atoms with E-state index in [-0.39, 0.29) is 12.6 Å². The topological polar surface area (TPSA) is 70.2 Å². The lowest BCUT2D eigenvalue weighted by Gasteiger charge is -2.16. The van der Waals surface area contributed by atoms with Crippen LogP contribution in [0.4, 0.5) is 16.3 Å². The van der Waals surface area contributed by atoms with E-state index in [0.717, 1.165) is 24.5 Å². The van der Waals surface area contributed by atoms with Crippen LogP contribution >= 0.6 is 11.6 Å². The lowest BCUT2D eigenvalue weighted by Crippen LogP contribution is -2.29. The first-order valence-corrected chi connectivity index (χ1v) is 8.37. The van der Waals surface area contributed by atoms with E-state index in [1.807, 2.05) is 25.1 Å². The number of carbonyl (C=O) groups excluding carboxylic acids is 1. The molecule has 2 aromatic rings. The number of aryl methyl sites for hydroxylation is 1.